The number of sulfonamides is 1. The van der Waals surface area contributed by atoms with Crippen LogP contribution in [0.5, 0.6) is 0 Å². The molecule has 2 saturated heterocycles. The minimum Gasteiger partial charge on any atom is -0.439 e. The van der Waals surface area contributed by atoms with Gasteiger partial charge >= 0.3 is 6.09 Å². The van der Waals surface area contributed by atoms with Gasteiger partial charge in [-0.15, -0.1) is 0 Å². The quantitative estimate of drug-likeness (QED) is 0.813. The van der Waals surface area contributed by atoms with Crippen molar-refractivity contribution in [3.05, 3.63) is 41.3 Å². The number of cyclic esters (lactones) is 1. The first-order valence-electron chi connectivity index (χ1n) is 6.69. The van der Waals surface area contributed by atoms with Gasteiger partial charge in [0.1, 0.15) is 0 Å². The second-order valence-electron chi connectivity index (χ2n) is 5.05. The summed E-state index contributed by atoms with van der Waals surface area (Å²) in [5.41, 5.74) is 0.779. The first-order valence-corrected chi connectivity index (χ1v) is 8.20. The molecule has 116 valence electrons. The van der Waals surface area contributed by atoms with Gasteiger partial charge in [0.15, 0.2) is 6.61 Å². The molecule has 1 aromatic carbocycles. The largest absolute Gasteiger partial charge is 0.439 e. The minimum atomic E-state index is -3.56. The topological polar surface area (TPSA) is 84.0 Å². The van der Waals surface area contributed by atoms with Crippen molar-refractivity contribution >= 4 is 28.1 Å². The molecule has 2 aliphatic heterocycles. The molecule has 0 unspecified atom stereocenters. The van der Waals surface area contributed by atoms with Gasteiger partial charge in [0, 0.05) is 18.5 Å². The molecule has 7 nitrogen and oxygen atoms in total. The van der Waals surface area contributed by atoms with Gasteiger partial charge in [-0.1, -0.05) is 30.3 Å². The lowest BCUT2D eigenvalue weighted by Gasteiger charge is -2.40. The monoisotopic (exact) mass is 322 g/mol. The van der Waals surface area contributed by atoms with Crippen LogP contribution < -0.4 is 0 Å². The lowest BCUT2D eigenvalue weighted by atomic mass is 10.1. The van der Waals surface area contributed by atoms with Crippen LogP contribution in [0.15, 0.2) is 35.7 Å². The third-order valence-corrected chi connectivity index (χ3v) is 5.07. The van der Waals surface area contributed by atoms with E-state index >= 15 is 0 Å². The number of ether oxygens (including phenoxy) is 1. The second-order valence-corrected chi connectivity index (χ2v) is 6.87. The summed E-state index contributed by atoms with van der Waals surface area (Å²) in [6, 6.07) is 8.63. The molecular weight excluding hydrogens is 308 g/mol. The summed E-state index contributed by atoms with van der Waals surface area (Å²) in [6.07, 6.45) is 0.810. The van der Waals surface area contributed by atoms with Crippen LogP contribution >= 0.6 is 0 Å². The maximum absolute atomic E-state index is 12.1. The Morgan fingerprint density at radius 3 is 2.41 bits per heavy atom. The van der Waals surface area contributed by atoms with Crippen LogP contribution in [0.2, 0.25) is 0 Å². The van der Waals surface area contributed by atoms with E-state index in [2.05, 4.69) is 4.74 Å². The molecule has 2 aliphatic rings. The Bertz CT molecular complexity index is 707. The van der Waals surface area contributed by atoms with Crippen molar-refractivity contribution in [2.75, 3.05) is 19.7 Å². The molecule has 2 fully saturated rings. The Morgan fingerprint density at radius 1 is 1.14 bits per heavy atom. The van der Waals surface area contributed by atoms with Gasteiger partial charge in [0.2, 0.25) is 10.0 Å². The first-order chi connectivity index (χ1) is 10.5. The van der Waals surface area contributed by atoms with E-state index in [-0.39, 0.29) is 19.7 Å². The molecule has 2 amide bonds. The first kappa shape index (κ1) is 14.7. The third-order valence-electron chi connectivity index (χ3n) is 3.57. The van der Waals surface area contributed by atoms with Crippen molar-refractivity contribution in [1.29, 1.82) is 0 Å². The SMILES string of the molecule is O=C1COC(=O)N1C1CN(S(=O)(=O)C=Cc2ccccc2)C1. The fraction of sp³-hybridized carbons (Fsp3) is 0.286. The molecule has 0 N–H and O–H groups in total. The standard InChI is InChI=1S/C14H14N2O5S/c17-13-10-21-14(18)16(13)12-8-15(9-12)22(19,20)7-6-11-4-2-1-3-5-11/h1-7,12H,8-10H2. The molecule has 8 heteroatoms. The number of amides is 2. The van der Waals surface area contributed by atoms with E-state index in [0.717, 1.165) is 15.9 Å². The van der Waals surface area contributed by atoms with Gasteiger partial charge in [0.05, 0.1) is 6.04 Å². The van der Waals surface area contributed by atoms with Crippen molar-refractivity contribution < 1.29 is 22.7 Å². The number of benzene rings is 1. The van der Waals surface area contributed by atoms with Crippen molar-refractivity contribution in [2.24, 2.45) is 0 Å². The highest BCUT2D eigenvalue weighted by Gasteiger charge is 2.45. The van der Waals surface area contributed by atoms with E-state index < -0.39 is 28.1 Å². The van der Waals surface area contributed by atoms with Gasteiger partial charge in [-0.05, 0) is 11.6 Å². The van der Waals surface area contributed by atoms with Crippen molar-refractivity contribution in [3.63, 3.8) is 0 Å². The third kappa shape index (κ3) is 2.75. The highest BCUT2D eigenvalue weighted by molar-refractivity contribution is 7.92. The van der Waals surface area contributed by atoms with Crippen LogP contribution in [0, 0.1) is 0 Å². The summed E-state index contributed by atoms with van der Waals surface area (Å²) in [7, 11) is -3.56. The normalized spacial score (nSPS) is 20.5. The number of hydrogen-bond acceptors (Lipinski definition) is 5. The molecule has 0 aliphatic carbocycles. The minimum absolute atomic E-state index is 0.0995. The Kier molecular flexibility index (Phi) is 3.71. The zero-order chi connectivity index (χ0) is 15.7. The predicted molar refractivity (Wildman–Crippen MR) is 78.0 cm³/mol. The summed E-state index contributed by atoms with van der Waals surface area (Å²) in [5, 5.41) is 1.13. The molecule has 0 bridgehead atoms. The molecule has 0 saturated carbocycles. The molecule has 1 aromatic rings. The molecule has 0 atom stereocenters. The van der Waals surface area contributed by atoms with Gasteiger partial charge < -0.3 is 4.74 Å². The molecule has 3 rings (SSSR count). The van der Waals surface area contributed by atoms with E-state index in [1.165, 1.54) is 10.4 Å². The molecule has 2 heterocycles. The van der Waals surface area contributed by atoms with Gasteiger partial charge in [-0.25, -0.2) is 18.1 Å². The van der Waals surface area contributed by atoms with Crippen molar-refractivity contribution in [1.82, 2.24) is 9.21 Å². The Balaban J connectivity index is 1.63. The van der Waals surface area contributed by atoms with E-state index in [1.54, 1.807) is 12.1 Å². The molecule has 0 aromatic heterocycles. The molecule has 22 heavy (non-hydrogen) atoms. The van der Waals surface area contributed by atoms with Gasteiger partial charge in [-0.2, -0.15) is 4.31 Å². The van der Waals surface area contributed by atoms with E-state index in [1.807, 2.05) is 18.2 Å². The molecule has 0 radical (unpaired) electrons. The van der Waals surface area contributed by atoms with E-state index in [0.29, 0.717) is 0 Å². The number of nitrogens with zero attached hydrogens (tertiary/aromatic N) is 2. The average Bonchev–Trinajstić information content (AvgIpc) is 2.77. The summed E-state index contributed by atoms with van der Waals surface area (Å²) in [5.74, 6) is -0.424. The lowest BCUT2D eigenvalue weighted by Crippen LogP contribution is -2.61. The van der Waals surface area contributed by atoms with Crippen LogP contribution in [0.25, 0.3) is 6.08 Å². The van der Waals surface area contributed by atoms with Crippen LogP contribution in [-0.2, 0) is 19.6 Å². The number of hydrogen-bond donors (Lipinski definition) is 0. The fourth-order valence-corrected chi connectivity index (χ4v) is 3.58. The number of carbonyl (C=O) groups excluding carboxylic acids is 2. The smallest absolute Gasteiger partial charge is 0.417 e. The van der Waals surface area contributed by atoms with E-state index in [9.17, 15) is 18.0 Å². The Labute approximate surface area is 127 Å². The molecule has 0 spiro atoms. The van der Waals surface area contributed by atoms with Crippen molar-refractivity contribution in [3.8, 4) is 0 Å². The number of imide groups is 1. The predicted octanol–water partition coefficient (Wildman–Crippen LogP) is 0.650. The summed E-state index contributed by atoms with van der Waals surface area (Å²) in [4.78, 5) is 23.9. The number of rotatable bonds is 4. The summed E-state index contributed by atoms with van der Waals surface area (Å²) < 4.78 is 30.1. The van der Waals surface area contributed by atoms with Gasteiger partial charge in [-0.3, -0.25) is 4.79 Å². The van der Waals surface area contributed by atoms with Crippen LogP contribution in [0.4, 0.5) is 4.79 Å². The summed E-state index contributed by atoms with van der Waals surface area (Å²) >= 11 is 0. The van der Waals surface area contributed by atoms with Crippen LogP contribution in [-0.4, -0.2) is 55.4 Å². The zero-order valence-electron chi connectivity index (χ0n) is 11.6. The zero-order valence-corrected chi connectivity index (χ0v) is 12.4. The van der Waals surface area contributed by atoms with Crippen LogP contribution in [0.1, 0.15) is 5.56 Å². The highest BCUT2D eigenvalue weighted by Crippen LogP contribution is 2.23. The lowest BCUT2D eigenvalue weighted by molar-refractivity contribution is -0.128. The molecular formula is C14H14N2O5S. The van der Waals surface area contributed by atoms with Crippen LogP contribution in [0.3, 0.4) is 0 Å². The number of carbonyl (C=O) groups is 2. The summed E-state index contributed by atoms with van der Waals surface area (Å²) in [6.45, 7) is -0.0688. The Hall–Kier alpha value is -2.19. The highest BCUT2D eigenvalue weighted by atomic mass is 32.2. The van der Waals surface area contributed by atoms with E-state index in [4.69, 9.17) is 0 Å². The second kappa shape index (κ2) is 5.54. The average molecular weight is 322 g/mol. The van der Waals surface area contributed by atoms with Gasteiger partial charge in [0.25, 0.3) is 5.91 Å². The van der Waals surface area contributed by atoms with Crippen molar-refractivity contribution in [2.45, 2.75) is 6.04 Å². The maximum Gasteiger partial charge on any atom is 0.417 e. The Morgan fingerprint density at radius 2 is 1.82 bits per heavy atom. The fourth-order valence-electron chi connectivity index (χ4n) is 2.32. The maximum atomic E-state index is 12.1.